The van der Waals surface area contributed by atoms with Gasteiger partial charge in [0, 0.05) is 44.2 Å². The summed E-state index contributed by atoms with van der Waals surface area (Å²) in [5.41, 5.74) is 0.987. The Balaban J connectivity index is 1.49. The van der Waals surface area contributed by atoms with Crippen LogP contribution in [0.2, 0.25) is 0 Å². The molecule has 0 spiro atoms. The number of para-hydroxylation sites is 1. The molecule has 0 bridgehead atoms. The lowest BCUT2D eigenvalue weighted by atomic mass is 10.1. The lowest BCUT2D eigenvalue weighted by Crippen LogP contribution is -2.53. The highest BCUT2D eigenvalue weighted by Gasteiger charge is 2.39. The fraction of sp³-hybridized carbons (Fsp3) is 0.593. The highest BCUT2D eigenvalue weighted by molar-refractivity contribution is 5.86. The molecule has 2 fully saturated rings. The van der Waals surface area contributed by atoms with E-state index in [-0.39, 0.29) is 18.5 Å². The summed E-state index contributed by atoms with van der Waals surface area (Å²) in [6.07, 6.45) is 1.53. The molecule has 2 aromatic rings. The van der Waals surface area contributed by atoms with Crippen LogP contribution in [0.3, 0.4) is 0 Å². The molecule has 1 aliphatic carbocycles. The Morgan fingerprint density at radius 2 is 1.97 bits per heavy atom. The predicted octanol–water partition coefficient (Wildman–Crippen LogP) is 3.78. The third-order valence-corrected chi connectivity index (χ3v) is 6.08. The van der Waals surface area contributed by atoms with E-state index < -0.39 is 17.8 Å². The first-order valence-electron chi connectivity index (χ1n) is 12.7. The quantitative estimate of drug-likeness (QED) is 0.485. The van der Waals surface area contributed by atoms with Crippen molar-refractivity contribution in [1.82, 2.24) is 14.8 Å². The number of rotatable bonds is 9. The second kappa shape index (κ2) is 11.4. The minimum Gasteiger partial charge on any atom is -0.493 e. The summed E-state index contributed by atoms with van der Waals surface area (Å²) in [6, 6.07) is 9.92. The van der Waals surface area contributed by atoms with Gasteiger partial charge in [-0.1, -0.05) is 12.1 Å². The number of nitrogens with zero attached hydrogens (tertiary/aromatic N) is 3. The van der Waals surface area contributed by atoms with Gasteiger partial charge in [0.2, 0.25) is 0 Å². The summed E-state index contributed by atoms with van der Waals surface area (Å²) in [4.78, 5) is 34.4. The second-order valence-electron chi connectivity index (χ2n) is 10.3. The van der Waals surface area contributed by atoms with Crippen LogP contribution in [0.4, 0.5) is 4.79 Å². The van der Waals surface area contributed by atoms with Gasteiger partial charge in [-0.05, 0) is 45.7 Å². The monoisotopic (exact) mass is 499 g/mol. The van der Waals surface area contributed by atoms with Gasteiger partial charge >= 0.3 is 6.09 Å². The zero-order chi connectivity index (χ0) is 25.7. The minimum atomic E-state index is -0.725. The molecule has 1 atom stereocenters. The third kappa shape index (κ3) is 6.85. The Labute approximate surface area is 212 Å². The number of carbonyl (C=O) groups excluding carboxylic acids is 2. The van der Waals surface area contributed by atoms with Gasteiger partial charge in [0.1, 0.15) is 11.4 Å². The van der Waals surface area contributed by atoms with Gasteiger partial charge in [-0.25, -0.2) is 4.79 Å². The minimum absolute atomic E-state index is 0.122. The van der Waals surface area contributed by atoms with E-state index in [4.69, 9.17) is 23.9 Å². The largest absolute Gasteiger partial charge is 0.493 e. The van der Waals surface area contributed by atoms with Crippen LogP contribution < -0.4 is 4.74 Å². The van der Waals surface area contributed by atoms with Crippen LogP contribution in [0.15, 0.2) is 30.3 Å². The Morgan fingerprint density at radius 3 is 2.69 bits per heavy atom. The number of benzene rings is 1. The molecular formula is C27H37N3O6. The molecule has 1 saturated carbocycles. The van der Waals surface area contributed by atoms with Crippen molar-refractivity contribution in [2.45, 2.75) is 64.3 Å². The molecule has 2 amide bonds. The molecule has 4 rings (SSSR count). The number of methoxy groups -OCH3 is 1. The molecule has 1 aromatic heterocycles. The van der Waals surface area contributed by atoms with Gasteiger partial charge in [0.25, 0.3) is 5.91 Å². The van der Waals surface area contributed by atoms with Crippen molar-refractivity contribution in [3.05, 3.63) is 36.0 Å². The number of fused-ring (bicyclic) bond motifs is 1. The SMILES string of the molecule is COCCCOc1cc(CN(C(=O)[C@H]2CN(C(=O)OC(C)(C)C)CCO2)C2CC2)nc2ccccc12. The molecule has 1 saturated heterocycles. The van der Waals surface area contributed by atoms with E-state index in [0.717, 1.165) is 41.6 Å². The van der Waals surface area contributed by atoms with Crippen LogP contribution in [0, 0.1) is 0 Å². The second-order valence-corrected chi connectivity index (χ2v) is 10.3. The number of ether oxygens (including phenoxy) is 4. The molecule has 196 valence electrons. The first kappa shape index (κ1) is 26.2. The van der Waals surface area contributed by atoms with E-state index in [2.05, 4.69) is 0 Å². The van der Waals surface area contributed by atoms with E-state index in [1.165, 1.54) is 0 Å². The predicted molar refractivity (Wildman–Crippen MR) is 135 cm³/mol. The van der Waals surface area contributed by atoms with Crippen LogP contribution in [0.5, 0.6) is 5.75 Å². The van der Waals surface area contributed by atoms with Crippen LogP contribution in [-0.4, -0.2) is 84.6 Å². The summed E-state index contributed by atoms with van der Waals surface area (Å²) in [5.74, 6) is 0.628. The van der Waals surface area contributed by atoms with Crippen molar-refractivity contribution in [2.75, 3.05) is 40.0 Å². The maximum atomic E-state index is 13.6. The van der Waals surface area contributed by atoms with Crippen molar-refractivity contribution in [3.63, 3.8) is 0 Å². The topological polar surface area (TPSA) is 90.4 Å². The molecule has 9 heteroatoms. The first-order chi connectivity index (χ1) is 17.2. The Morgan fingerprint density at radius 1 is 1.19 bits per heavy atom. The molecule has 36 heavy (non-hydrogen) atoms. The lowest BCUT2D eigenvalue weighted by Gasteiger charge is -2.35. The number of morpholine rings is 1. The van der Waals surface area contributed by atoms with Crippen LogP contribution in [-0.2, 0) is 25.5 Å². The zero-order valence-corrected chi connectivity index (χ0v) is 21.7. The van der Waals surface area contributed by atoms with Crippen LogP contribution in [0.1, 0.15) is 45.7 Å². The van der Waals surface area contributed by atoms with E-state index in [9.17, 15) is 9.59 Å². The maximum absolute atomic E-state index is 13.6. The fourth-order valence-electron chi connectivity index (χ4n) is 4.21. The van der Waals surface area contributed by atoms with Gasteiger partial charge < -0.3 is 28.7 Å². The van der Waals surface area contributed by atoms with Gasteiger partial charge in [-0.3, -0.25) is 9.78 Å². The number of amides is 2. The summed E-state index contributed by atoms with van der Waals surface area (Å²) in [6.45, 7) is 7.87. The summed E-state index contributed by atoms with van der Waals surface area (Å²) >= 11 is 0. The van der Waals surface area contributed by atoms with Gasteiger partial charge in [-0.15, -0.1) is 0 Å². The molecule has 2 aliphatic rings. The average Bonchev–Trinajstić information content (AvgIpc) is 3.69. The van der Waals surface area contributed by atoms with E-state index in [0.29, 0.717) is 32.9 Å². The molecule has 0 radical (unpaired) electrons. The number of aromatic nitrogens is 1. The normalized spacial score (nSPS) is 18.2. The molecule has 1 aliphatic heterocycles. The number of pyridine rings is 1. The highest BCUT2D eigenvalue weighted by atomic mass is 16.6. The van der Waals surface area contributed by atoms with Gasteiger partial charge in [0.15, 0.2) is 6.10 Å². The van der Waals surface area contributed by atoms with Gasteiger partial charge in [-0.2, -0.15) is 0 Å². The molecule has 9 nitrogen and oxygen atoms in total. The van der Waals surface area contributed by atoms with Crippen molar-refractivity contribution in [2.24, 2.45) is 0 Å². The van der Waals surface area contributed by atoms with Crippen molar-refractivity contribution >= 4 is 22.9 Å². The fourth-order valence-corrected chi connectivity index (χ4v) is 4.21. The van der Waals surface area contributed by atoms with E-state index in [1.54, 1.807) is 12.0 Å². The lowest BCUT2D eigenvalue weighted by molar-refractivity contribution is -0.150. The van der Waals surface area contributed by atoms with Crippen molar-refractivity contribution in [3.8, 4) is 5.75 Å². The Hall–Kier alpha value is -2.91. The molecular weight excluding hydrogens is 462 g/mol. The Kier molecular flexibility index (Phi) is 8.31. The molecule has 1 aromatic carbocycles. The smallest absolute Gasteiger partial charge is 0.410 e. The summed E-state index contributed by atoms with van der Waals surface area (Å²) < 4.78 is 22.5. The van der Waals surface area contributed by atoms with Crippen LogP contribution >= 0.6 is 0 Å². The summed E-state index contributed by atoms with van der Waals surface area (Å²) in [5, 5.41) is 0.937. The molecule has 2 heterocycles. The number of hydrogen-bond donors (Lipinski definition) is 0. The third-order valence-electron chi connectivity index (χ3n) is 6.08. The molecule has 0 N–H and O–H groups in total. The van der Waals surface area contributed by atoms with Crippen LogP contribution in [0.25, 0.3) is 10.9 Å². The van der Waals surface area contributed by atoms with Crippen molar-refractivity contribution < 1.29 is 28.5 Å². The maximum Gasteiger partial charge on any atom is 0.410 e. The highest BCUT2D eigenvalue weighted by Crippen LogP contribution is 2.32. The van der Waals surface area contributed by atoms with E-state index in [1.807, 2.05) is 56.0 Å². The first-order valence-corrected chi connectivity index (χ1v) is 12.7. The standard InChI is InChI=1S/C27H37N3O6/c1-27(2,3)36-26(32)29-12-15-35-24(18-29)25(31)30(20-10-11-20)17-19-16-23(34-14-7-13-33-4)21-8-5-6-9-22(21)28-19/h5-6,8-9,16,20,24H,7,10-15,17-18H2,1-4H3/t24-/m1/s1. The van der Waals surface area contributed by atoms with E-state index >= 15 is 0 Å². The molecule has 0 unspecified atom stereocenters. The number of hydrogen-bond acceptors (Lipinski definition) is 7. The van der Waals surface area contributed by atoms with Crippen molar-refractivity contribution in [1.29, 1.82) is 0 Å². The number of carbonyl (C=O) groups is 2. The Bertz CT molecular complexity index is 1070. The average molecular weight is 500 g/mol. The zero-order valence-electron chi connectivity index (χ0n) is 21.7. The van der Waals surface area contributed by atoms with Gasteiger partial charge in [0.05, 0.1) is 37.5 Å². The summed E-state index contributed by atoms with van der Waals surface area (Å²) in [7, 11) is 1.67.